The van der Waals surface area contributed by atoms with Crippen LogP contribution in [0.15, 0.2) is 82.9 Å². The Labute approximate surface area is 228 Å². The second kappa shape index (κ2) is 11.0. The molecule has 0 saturated heterocycles. The maximum Gasteiger partial charge on any atom is 0.262 e. The van der Waals surface area contributed by atoms with Gasteiger partial charge in [-0.05, 0) is 53.6 Å². The van der Waals surface area contributed by atoms with Crippen LogP contribution in [0.1, 0.15) is 30.0 Å². The molecule has 3 aromatic carbocycles. The highest BCUT2D eigenvalue weighted by molar-refractivity contribution is 8.15. The molecule has 0 saturated carbocycles. The van der Waals surface area contributed by atoms with Gasteiger partial charge in [-0.3, -0.25) is 9.59 Å². The molecule has 10 heteroatoms. The number of methoxy groups -OCH3 is 1. The standard InChI is InChI=1S/C27H22Cl2N4O3S/c1-36-21-11-7-17(8-12-21)23-14-22(16-5-9-18(28)10-6-16)32-33(23)27-31-26(35)24(37-27)15-25(34)30-20-4-2-3-19(29)13-20/h2-13,23-24H,14-15H2,1H3,(H,30,34)/t23-,24-/m0/s1. The molecule has 37 heavy (non-hydrogen) atoms. The Balaban J connectivity index is 1.35. The number of carbonyl (C=O) groups is 2. The minimum absolute atomic E-state index is 0.0161. The first-order valence-corrected chi connectivity index (χ1v) is 13.1. The predicted molar refractivity (Wildman–Crippen MR) is 149 cm³/mol. The molecule has 2 aliphatic heterocycles. The van der Waals surface area contributed by atoms with Crippen LogP contribution in [0.4, 0.5) is 5.69 Å². The SMILES string of the molecule is COc1ccc([C@@H]2CC(c3ccc(Cl)cc3)=NN2C2=NC(=O)[C@H](CC(=O)Nc3cccc(Cl)c3)S2)cc1. The molecule has 2 heterocycles. The lowest BCUT2D eigenvalue weighted by atomic mass is 9.98. The molecule has 0 aromatic heterocycles. The molecule has 0 radical (unpaired) electrons. The number of hydrazone groups is 1. The van der Waals surface area contributed by atoms with Gasteiger partial charge < -0.3 is 10.1 Å². The molecular formula is C27H22Cl2N4O3S. The van der Waals surface area contributed by atoms with Gasteiger partial charge in [0.1, 0.15) is 11.0 Å². The first-order chi connectivity index (χ1) is 17.9. The summed E-state index contributed by atoms with van der Waals surface area (Å²) in [7, 11) is 1.62. The molecule has 0 aliphatic carbocycles. The summed E-state index contributed by atoms with van der Waals surface area (Å²) in [5.74, 6) is 0.105. The quantitative estimate of drug-likeness (QED) is 0.394. The predicted octanol–water partition coefficient (Wildman–Crippen LogP) is 6.18. The number of rotatable bonds is 6. The molecule has 1 N–H and O–H groups in total. The van der Waals surface area contributed by atoms with Gasteiger partial charge in [-0.25, -0.2) is 5.01 Å². The molecule has 3 aromatic rings. The monoisotopic (exact) mass is 552 g/mol. The fraction of sp³-hybridized carbons (Fsp3) is 0.185. The zero-order chi connectivity index (χ0) is 25.9. The Hall–Kier alpha value is -3.33. The lowest BCUT2D eigenvalue weighted by Crippen LogP contribution is -2.25. The van der Waals surface area contributed by atoms with Gasteiger partial charge in [0.25, 0.3) is 5.91 Å². The van der Waals surface area contributed by atoms with Crippen molar-refractivity contribution in [2.75, 3.05) is 12.4 Å². The number of hydrogen-bond acceptors (Lipinski definition) is 6. The summed E-state index contributed by atoms with van der Waals surface area (Å²) in [6.45, 7) is 0. The van der Waals surface area contributed by atoms with Crippen molar-refractivity contribution in [3.8, 4) is 5.75 Å². The van der Waals surface area contributed by atoms with Crippen LogP contribution in [0, 0.1) is 0 Å². The number of anilines is 1. The van der Waals surface area contributed by atoms with Gasteiger partial charge >= 0.3 is 0 Å². The van der Waals surface area contributed by atoms with Crippen LogP contribution in [0.3, 0.4) is 0 Å². The van der Waals surface area contributed by atoms with Crippen molar-refractivity contribution >= 4 is 63.3 Å². The number of carbonyl (C=O) groups excluding carboxylic acids is 2. The number of amides is 2. The minimum Gasteiger partial charge on any atom is -0.497 e. The Morgan fingerprint density at radius 3 is 2.54 bits per heavy atom. The Morgan fingerprint density at radius 1 is 1.08 bits per heavy atom. The number of nitrogens with zero attached hydrogens (tertiary/aromatic N) is 3. The highest BCUT2D eigenvalue weighted by Crippen LogP contribution is 2.39. The van der Waals surface area contributed by atoms with Crippen molar-refractivity contribution in [3.05, 3.63) is 94.0 Å². The van der Waals surface area contributed by atoms with Crippen molar-refractivity contribution in [1.29, 1.82) is 0 Å². The molecule has 0 bridgehead atoms. The number of ether oxygens (including phenoxy) is 1. The summed E-state index contributed by atoms with van der Waals surface area (Å²) < 4.78 is 5.30. The van der Waals surface area contributed by atoms with Gasteiger partial charge in [0.05, 0.1) is 18.9 Å². The molecule has 7 nitrogen and oxygen atoms in total. The third-order valence-corrected chi connectivity index (χ3v) is 7.62. The third-order valence-electron chi connectivity index (χ3n) is 5.99. The number of hydrogen-bond donors (Lipinski definition) is 1. The summed E-state index contributed by atoms with van der Waals surface area (Å²) >= 11 is 13.3. The fourth-order valence-electron chi connectivity index (χ4n) is 4.14. The number of thioether (sulfide) groups is 1. The second-order valence-corrected chi connectivity index (χ2v) is 10.5. The average Bonchev–Trinajstić information content (AvgIpc) is 3.48. The highest BCUT2D eigenvalue weighted by Gasteiger charge is 2.39. The van der Waals surface area contributed by atoms with E-state index >= 15 is 0 Å². The van der Waals surface area contributed by atoms with Crippen molar-refractivity contribution in [3.63, 3.8) is 0 Å². The van der Waals surface area contributed by atoms with E-state index in [1.54, 1.807) is 36.4 Å². The highest BCUT2D eigenvalue weighted by atomic mass is 35.5. The zero-order valence-electron chi connectivity index (χ0n) is 19.7. The first-order valence-electron chi connectivity index (χ1n) is 11.5. The minimum atomic E-state index is -0.638. The lowest BCUT2D eigenvalue weighted by Gasteiger charge is -2.23. The number of nitrogens with one attached hydrogen (secondary N) is 1. The largest absolute Gasteiger partial charge is 0.497 e. The van der Waals surface area contributed by atoms with E-state index < -0.39 is 5.25 Å². The van der Waals surface area contributed by atoms with Crippen LogP contribution in [0.25, 0.3) is 0 Å². The van der Waals surface area contributed by atoms with E-state index in [1.165, 1.54) is 11.8 Å². The van der Waals surface area contributed by atoms with E-state index in [2.05, 4.69) is 10.3 Å². The molecule has 2 amide bonds. The maximum absolute atomic E-state index is 12.8. The van der Waals surface area contributed by atoms with Crippen molar-refractivity contribution < 1.29 is 14.3 Å². The van der Waals surface area contributed by atoms with E-state index in [1.807, 2.05) is 48.5 Å². The molecule has 0 unspecified atom stereocenters. The van der Waals surface area contributed by atoms with Gasteiger partial charge in [-0.2, -0.15) is 10.1 Å². The Morgan fingerprint density at radius 2 is 1.84 bits per heavy atom. The summed E-state index contributed by atoms with van der Waals surface area (Å²) in [5.41, 5.74) is 3.38. The number of aliphatic imine (C=N–C) groups is 1. The first kappa shape index (κ1) is 25.3. The lowest BCUT2D eigenvalue weighted by molar-refractivity contribution is -0.121. The van der Waals surface area contributed by atoms with Crippen LogP contribution in [0.2, 0.25) is 10.0 Å². The van der Waals surface area contributed by atoms with E-state index in [4.69, 9.17) is 33.0 Å². The van der Waals surface area contributed by atoms with Crippen molar-refractivity contribution in [1.82, 2.24) is 5.01 Å². The van der Waals surface area contributed by atoms with Gasteiger partial charge in [-0.15, -0.1) is 0 Å². The molecule has 2 atom stereocenters. The van der Waals surface area contributed by atoms with Crippen LogP contribution in [-0.4, -0.2) is 40.1 Å². The van der Waals surface area contributed by atoms with Crippen LogP contribution in [0.5, 0.6) is 5.75 Å². The van der Waals surface area contributed by atoms with Gasteiger partial charge in [0.15, 0.2) is 5.17 Å². The smallest absolute Gasteiger partial charge is 0.262 e. The summed E-state index contributed by atoms with van der Waals surface area (Å²) in [5, 5.41) is 10.4. The second-order valence-electron chi connectivity index (χ2n) is 8.49. The zero-order valence-corrected chi connectivity index (χ0v) is 22.1. The molecular weight excluding hydrogens is 531 g/mol. The number of halogens is 2. The fourth-order valence-corrected chi connectivity index (χ4v) is 5.52. The van der Waals surface area contributed by atoms with Crippen LogP contribution >= 0.6 is 35.0 Å². The Bertz CT molecular complexity index is 1390. The number of amidine groups is 1. The molecule has 2 aliphatic rings. The summed E-state index contributed by atoms with van der Waals surface area (Å²) in [4.78, 5) is 29.7. The van der Waals surface area contributed by atoms with E-state index in [-0.39, 0.29) is 24.3 Å². The van der Waals surface area contributed by atoms with Gasteiger partial charge in [-0.1, -0.05) is 65.3 Å². The molecule has 5 rings (SSSR count). The van der Waals surface area contributed by atoms with E-state index in [0.717, 1.165) is 22.6 Å². The van der Waals surface area contributed by atoms with Crippen molar-refractivity contribution in [2.45, 2.75) is 24.1 Å². The van der Waals surface area contributed by atoms with Crippen molar-refractivity contribution in [2.24, 2.45) is 10.1 Å². The van der Waals surface area contributed by atoms with Gasteiger partial charge in [0, 0.05) is 28.6 Å². The Kier molecular flexibility index (Phi) is 7.50. The normalized spacial score (nSPS) is 19.0. The maximum atomic E-state index is 12.8. The van der Waals surface area contributed by atoms with Crippen LogP contribution in [-0.2, 0) is 9.59 Å². The molecule has 188 valence electrons. The van der Waals surface area contributed by atoms with Crippen LogP contribution < -0.4 is 10.1 Å². The van der Waals surface area contributed by atoms with E-state index in [0.29, 0.717) is 27.3 Å². The summed E-state index contributed by atoms with van der Waals surface area (Å²) in [6, 6.07) is 21.9. The average molecular weight is 553 g/mol. The van der Waals surface area contributed by atoms with Gasteiger partial charge in [0.2, 0.25) is 5.91 Å². The van der Waals surface area contributed by atoms with E-state index in [9.17, 15) is 9.59 Å². The summed E-state index contributed by atoms with van der Waals surface area (Å²) in [6.07, 6.45) is 0.597. The number of benzene rings is 3. The third kappa shape index (κ3) is 5.82. The molecule has 0 fully saturated rings. The topological polar surface area (TPSA) is 83.4 Å². The molecule has 0 spiro atoms.